The number of hydrogen-bond acceptors (Lipinski definition) is 3. The Morgan fingerprint density at radius 2 is 1.80 bits per heavy atom. The first kappa shape index (κ1) is 19.4. The normalized spacial score (nSPS) is 15.1. The lowest BCUT2D eigenvalue weighted by Gasteiger charge is -2.24. The van der Waals surface area contributed by atoms with Crippen molar-refractivity contribution in [1.29, 1.82) is 0 Å². The van der Waals surface area contributed by atoms with E-state index in [1.54, 1.807) is 31.2 Å². The third-order valence-corrected chi connectivity index (χ3v) is 5.88. The molecule has 0 bridgehead atoms. The number of carbonyl (C=O) groups is 1. The third-order valence-electron chi connectivity index (χ3n) is 4.34. The van der Waals surface area contributed by atoms with E-state index in [1.165, 1.54) is 10.5 Å². The van der Waals surface area contributed by atoms with Crippen molar-refractivity contribution in [2.24, 2.45) is 0 Å². The van der Waals surface area contributed by atoms with Crippen molar-refractivity contribution in [3.63, 3.8) is 0 Å². The third kappa shape index (κ3) is 4.80. The van der Waals surface area contributed by atoms with Crippen LogP contribution in [0.1, 0.15) is 30.9 Å². The highest BCUT2D eigenvalue weighted by atomic mass is 32.2. The molecule has 0 saturated heterocycles. The van der Waals surface area contributed by atoms with Gasteiger partial charge in [-0.2, -0.15) is 4.72 Å². The molecule has 5 nitrogen and oxygen atoms in total. The number of fused-ring (bicyclic) bond motifs is 1. The molecule has 0 spiro atoms. The Kier molecular flexibility index (Phi) is 6.56. The average molecular weight is 362 g/mol. The molecule has 0 aromatic heterocycles. The molecule has 1 atom stereocenters. The predicted octanol–water partition coefficient (Wildman–Crippen LogP) is 2.43. The van der Waals surface area contributed by atoms with Crippen molar-refractivity contribution >= 4 is 15.9 Å². The maximum atomic E-state index is 12.6. The summed E-state index contributed by atoms with van der Waals surface area (Å²) in [6, 6.07) is 4.38. The minimum Gasteiger partial charge on any atom is -0.334 e. The van der Waals surface area contributed by atoms with Crippen molar-refractivity contribution in [2.45, 2.75) is 43.5 Å². The molecule has 0 heterocycles. The van der Waals surface area contributed by atoms with Crippen LogP contribution in [0.3, 0.4) is 0 Å². The van der Waals surface area contributed by atoms with Crippen molar-refractivity contribution < 1.29 is 13.2 Å². The SMILES string of the molecule is C=CCN(CC=C)C(=O)C(C)NS(=O)(=O)c1ccc2c(c1)CCCC2. The Morgan fingerprint density at radius 1 is 1.20 bits per heavy atom. The van der Waals surface area contributed by atoms with Crippen LogP contribution in [-0.4, -0.2) is 38.4 Å². The molecule has 1 aromatic rings. The zero-order chi connectivity index (χ0) is 18.4. The summed E-state index contributed by atoms with van der Waals surface area (Å²) in [4.78, 5) is 14.2. The summed E-state index contributed by atoms with van der Waals surface area (Å²) in [7, 11) is -3.75. The number of carbonyl (C=O) groups excluding carboxylic acids is 1. The van der Waals surface area contributed by atoms with Gasteiger partial charge in [0, 0.05) is 13.1 Å². The van der Waals surface area contributed by atoms with E-state index in [4.69, 9.17) is 0 Å². The fourth-order valence-corrected chi connectivity index (χ4v) is 4.32. The van der Waals surface area contributed by atoms with Gasteiger partial charge in [0.1, 0.15) is 0 Å². The van der Waals surface area contributed by atoms with Crippen molar-refractivity contribution in [2.75, 3.05) is 13.1 Å². The number of benzene rings is 1. The number of nitrogens with one attached hydrogen (secondary N) is 1. The van der Waals surface area contributed by atoms with Gasteiger partial charge in [-0.15, -0.1) is 13.2 Å². The molecule has 1 aliphatic carbocycles. The summed E-state index contributed by atoms with van der Waals surface area (Å²) >= 11 is 0. The van der Waals surface area contributed by atoms with Crippen molar-refractivity contribution in [3.05, 3.63) is 54.6 Å². The van der Waals surface area contributed by atoms with Crippen LogP contribution in [0.15, 0.2) is 48.4 Å². The van der Waals surface area contributed by atoms with Crippen LogP contribution in [0.5, 0.6) is 0 Å². The summed E-state index contributed by atoms with van der Waals surface area (Å²) in [5.74, 6) is -0.304. The van der Waals surface area contributed by atoms with Crippen LogP contribution >= 0.6 is 0 Å². The predicted molar refractivity (Wildman–Crippen MR) is 99.8 cm³/mol. The quantitative estimate of drug-likeness (QED) is 0.722. The standard InChI is InChI=1S/C19H26N2O3S/c1-4-12-21(13-5-2)19(22)15(3)20-25(23,24)18-11-10-16-8-6-7-9-17(16)14-18/h4-5,10-11,14-15,20H,1-2,6-9,12-13H2,3H3. The van der Waals surface area contributed by atoms with Gasteiger partial charge in [0.05, 0.1) is 10.9 Å². The van der Waals surface area contributed by atoms with Gasteiger partial charge >= 0.3 is 0 Å². The molecule has 25 heavy (non-hydrogen) atoms. The molecular weight excluding hydrogens is 336 g/mol. The second-order valence-corrected chi connectivity index (χ2v) is 8.02. The Labute approximate surface area is 150 Å². The molecule has 1 unspecified atom stereocenters. The maximum Gasteiger partial charge on any atom is 0.241 e. The molecule has 0 aliphatic heterocycles. The lowest BCUT2D eigenvalue weighted by atomic mass is 9.92. The molecule has 136 valence electrons. The Balaban J connectivity index is 2.15. The van der Waals surface area contributed by atoms with E-state index in [2.05, 4.69) is 17.9 Å². The molecule has 1 aliphatic rings. The monoisotopic (exact) mass is 362 g/mol. The second-order valence-electron chi connectivity index (χ2n) is 6.30. The Morgan fingerprint density at radius 3 is 2.40 bits per heavy atom. The number of hydrogen-bond donors (Lipinski definition) is 1. The van der Waals surface area contributed by atoms with Crippen LogP contribution in [0.25, 0.3) is 0 Å². The van der Waals surface area contributed by atoms with Gasteiger partial charge < -0.3 is 4.90 Å². The lowest BCUT2D eigenvalue weighted by Crippen LogP contribution is -2.47. The van der Waals surface area contributed by atoms with Crippen LogP contribution in [0.2, 0.25) is 0 Å². The van der Waals surface area contributed by atoms with Gasteiger partial charge in [0.2, 0.25) is 15.9 Å². The van der Waals surface area contributed by atoms with Crippen LogP contribution in [0, 0.1) is 0 Å². The van der Waals surface area contributed by atoms with E-state index in [0.717, 1.165) is 31.2 Å². The lowest BCUT2D eigenvalue weighted by molar-refractivity contribution is -0.131. The summed E-state index contributed by atoms with van der Waals surface area (Å²) in [6.45, 7) is 9.48. The number of aryl methyl sites for hydroxylation is 2. The smallest absolute Gasteiger partial charge is 0.241 e. The molecule has 1 aromatic carbocycles. The molecule has 2 rings (SSSR count). The highest BCUT2D eigenvalue weighted by Gasteiger charge is 2.25. The summed E-state index contributed by atoms with van der Waals surface area (Å²) in [5, 5.41) is 0. The van der Waals surface area contributed by atoms with E-state index < -0.39 is 16.1 Å². The van der Waals surface area contributed by atoms with Crippen LogP contribution in [-0.2, 0) is 27.7 Å². The minimum absolute atomic E-state index is 0.215. The maximum absolute atomic E-state index is 12.6. The van der Waals surface area contributed by atoms with E-state index in [-0.39, 0.29) is 10.8 Å². The minimum atomic E-state index is -3.75. The number of amides is 1. The van der Waals surface area contributed by atoms with Gasteiger partial charge in [-0.25, -0.2) is 8.42 Å². The highest BCUT2D eigenvalue weighted by Crippen LogP contribution is 2.24. The van der Waals surface area contributed by atoms with E-state index in [1.807, 2.05) is 6.07 Å². The average Bonchev–Trinajstić information content (AvgIpc) is 2.60. The number of nitrogens with zero attached hydrogens (tertiary/aromatic N) is 1. The van der Waals surface area contributed by atoms with Crippen LogP contribution < -0.4 is 4.72 Å². The second kappa shape index (κ2) is 8.45. The fourth-order valence-electron chi connectivity index (χ4n) is 3.07. The molecule has 0 saturated carbocycles. The topological polar surface area (TPSA) is 66.5 Å². The van der Waals surface area contributed by atoms with Gasteiger partial charge in [-0.1, -0.05) is 18.2 Å². The number of sulfonamides is 1. The molecule has 1 amide bonds. The largest absolute Gasteiger partial charge is 0.334 e. The molecule has 6 heteroatoms. The molecule has 0 fully saturated rings. The van der Waals surface area contributed by atoms with Crippen molar-refractivity contribution in [1.82, 2.24) is 9.62 Å². The molecule has 1 N–H and O–H groups in total. The fraction of sp³-hybridized carbons (Fsp3) is 0.421. The molecular formula is C19H26N2O3S. The summed E-state index contributed by atoms with van der Waals surface area (Å²) in [6.07, 6.45) is 7.33. The Hall–Kier alpha value is -1.92. The summed E-state index contributed by atoms with van der Waals surface area (Å²) in [5.41, 5.74) is 2.31. The highest BCUT2D eigenvalue weighted by molar-refractivity contribution is 7.89. The van der Waals surface area contributed by atoms with Gasteiger partial charge in [0.25, 0.3) is 0 Å². The zero-order valence-corrected chi connectivity index (χ0v) is 15.5. The van der Waals surface area contributed by atoms with Gasteiger partial charge in [-0.3, -0.25) is 4.79 Å². The first-order valence-corrected chi connectivity index (χ1v) is 10.0. The molecule has 0 radical (unpaired) electrons. The van der Waals surface area contributed by atoms with Crippen LogP contribution in [0.4, 0.5) is 0 Å². The first-order valence-electron chi connectivity index (χ1n) is 8.53. The number of rotatable bonds is 8. The first-order chi connectivity index (χ1) is 11.9. The van der Waals surface area contributed by atoms with E-state index in [9.17, 15) is 13.2 Å². The van der Waals surface area contributed by atoms with Gasteiger partial charge in [-0.05, 0) is 55.9 Å². The van der Waals surface area contributed by atoms with E-state index >= 15 is 0 Å². The van der Waals surface area contributed by atoms with E-state index in [0.29, 0.717) is 13.1 Å². The zero-order valence-electron chi connectivity index (χ0n) is 14.7. The Bertz CT molecular complexity index is 746. The summed E-state index contributed by atoms with van der Waals surface area (Å²) < 4.78 is 27.8. The van der Waals surface area contributed by atoms with Gasteiger partial charge in [0.15, 0.2) is 0 Å². The van der Waals surface area contributed by atoms with Crippen molar-refractivity contribution in [3.8, 4) is 0 Å².